The molecule has 2 aromatic carbocycles. The summed E-state index contributed by atoms with van der Waals surface area (Å²) in [4.78, 5) is 14.5. The number of rotatable bonds is 4. The fourth-order valence-electron chi connectivity index (χ4n) is 2.03. The number of benzene rings is 2. The first-order valence-electron chi connectivity index (χ1n) is 6.68. The van der Waals surface area contributed by atoms with Gasteiger partial charge in [0.05, 0.1) is 0 Å². The summed E-state index contributed by atoms with van der Waals surface area (Å²) in [5, 5.41) is 0. The van der Waals surface area contributed by atoms with E-state index in [0.717, 1.165) is 15.6 Å². The fraction of sp³-hybridized carbons (Fsp3) is 0.235. The van der Waals surface area contributed by atoms with Gasteiger partial charge in [-0.3, -0.25) is 4.79 Å². The van der Waals surface area contributed by atoms with E-state index in [0.29, 0.717) is 6.54 Å². The number of halogens is 1. The molecule has 1 amide bonds. The minimum atomic E-state index is 0.0661. The van der Waals surface area contributed by atoms with Crippen LogP contribution in [0.1, 0.15) is 29.8 Å². The second-order valence-corrected chi connectivity index (χ2v) is 5.93. The molecule has 2 aromatic rings. The molecule has 0 saturated heterocycles. The van der Waals surface area contributed by atoms with E-state index in [2.05, 4.69) is 15.9 Å². The fourth-order valence-corrected chi connectivity index (χ4v) is 2.29. The van der Waals surface area contributed by atoms with Gasteiger partial charge in [-0.25, -0.2) is 0 Å². The minimum absolute atomic E-state index is 0.0661. The Morgan fingerprint density at radius 1 is 1.05 bits per heavy atom. The van der Waals surface area contributed by atoms with Crippen LogP contribution in [0, 0.1) is 0 Å². The molecule has 0 N–H and O–H groups in total. The van der Waals surface area contributed by atoms with Gasteiger partial charge in [-0.05, 0) is 43.7 Å². The molecule has 0 saturated carbocycles. The van der Waals surface area contributed by atoms with E-state index < -0.39 is 0 Å². The van der Waals surface area contributed by atoms with E-state index in [1.165, 1.54) is 0 Å². The first-order valence-corrected chi connectivity index (χ1v) is 7.47. The van der Waals surface area contributed by atoms with Gasteiger partial charge in [0.25, 0.3) is 5.91 Å². The van der Waals surface area contributed by atoms with Crippen LogP contribution in [0.15, 0.2) is 59.1 Å². The van der Waals surface area contributed by atoms with Crippen molar-refractivity contribution in [1.29, 1.82) is 0 Å². The summed E-state index contributed by atoms with van der Waals surface area (Å²) in [6, 6.07) is 17.7. The van der Waals surface area contributed by atoms with Crippen LogP contribution in [0.2, 0.25) is 0 Å². The quantitative estimate of drug-likeness (QED) is 0.807. The Morgan fingerprint density at radius 3 is 2.20 bits per heavy atom. The smallest absolute Gasteiger partial charge is 0.254 e. The average molecular weight is 332 g/mol. The molecule has 0 aromatic heterocycles. The van der Waals surface area contributed by atoms with E-state index in [-0.39, 0.29) is 11.9 Å². The zero-order valence-electron chi connectivity index (χ0n) is 11.7. The van der Waals surface area contributed by atoms with Crippen LogP contribution in [0.5, 0.6) is 0 Å². The van der Waals surface area contributed by atoms with Crippen molar-refractivity contribution in [3.8, 4) is 0 Å². The Balaban J connectivity index is 2.20. The SMILES string of the molecule is CC(C)N(Cc1ccccc1)C(=O)c1ccc(Br)cc1. The van der Waals surface area contributed by atoms with Gasteiger partial charge >= 0.3 is 0 Å². The maximum atomic E-state index is 12.6. The molecule has 20 heavy (non-hydrogen) atoms. The predicted molar refractivity (Wildman–Crippen MR) is 85.6 cm³/mol. The summed E-state index contributed by atoms with van der Waals surface area (Å²) >= 11 is 3.39. The first kappa shape index (κ1) is 14.8. The molecule has 0 unspecified atom stereocenters. The van der Waals surface area contributed by atoms with Gasteiger partial charge in [-0.1, -0.05) is 46.3 Å². The molecule has 0 radical (unpaired) electrons. The lowest BCUT2D eigenvalue weighted by Gasteiger charge is -2.27. The summed E-state index contributed by atoms with van der Waals surface area (Å²) in [6.45, 7) is 4.72. The molecule has 2 nitrogen and oxygen atoms in total. The topological polar surface area (TPSA) is 20.3 Å². The molecule has 0 fully saturated rings. The van der Waals surface area contributed by atoms with Crippen molar-refractivity contribution in [2.24, 2.45) is 0 Å². The van der Waals surface area contributed by atoms with Crippen LogP contribution in [0.3, 0.4) is 0 Å². The highest BCUT2D eigenvalue weighted by Crippen LogP contribution is 2.16. The molecule has 0 aliphatic heterocycles. The van der Waals surface area contributed by atoms with E-state index in [1.807, 2.05) is 73.3 Å². The van der Waals surface area contributed by atoms with Crippen molar-refractivity contribution in [2.75, 3.05) is 0 Å². The Bertz CT molecular complexity index is 563. The normalized spacial score (nSPS) is 10.6. The van der Waals surface area contributed by atoms with E-state index in [4.69, 9.17) is 0 Å². The maximum absolute atomic E-state index is 12.6. The highest BCUT2D eigenvalue weighted by atomic mass is 79.9. The van der Waals surface area contributed by atoms with Crippen LogP contribution in [0.25, 0.3) is 0 Å². The summed E-state index contributed by atoms with van der Waals surface area (Å²) in [7, 11) is 0. The van der Waals surface area contributed by atoms with Gasteiger partial charge in [0, 0.05) is 22.6 Å². The molecule has 3 heteroatoms. The highest BCUT2D eigenvalue weighted by Gasteiger charge is 2.18. The van der Waals surface area contributed by atoms with Crippen LogP contribution in [0.4, 0.5) is 0 Å². The number of nitrogens with zero attached hydrogens (tertiary/aromatic N) is 1. The van der Waals surface area contributed by atoms with Crippen LogP contribution < -0.4 is 0 Å². The standard InChI is InChI=1S/C17H18BrNO/c1-13(2)19(12-14-6-4-3-5-7-14)17(20)15-8-10-16(18)11-9-15/h3-11,13H,12H2,1-2H3. The van der Waals surface area contributed by atoms with Crippen molar-refractivity contribution in [3.05, 3.63) is 70.2 Å². The van der Waals surface area contributed by atoms with Gasteiger partial charge in [0.2, 0.25) is 0 Å². The molecule has 0 aliphatic rings. The number of hydrogen-bond donors (Lipinski definition) is 0. The molecule has 104 valence electrons. The van der Waals surface area contributed by atoms with Gasteiger partial charge in [-0.15, -0.1) is 0 Å². The van der Waals surface area contributed by atoms with Gasteiger partial charge < -0.3 is 4.90 Å². The van der Waals surface area contributed by atoms with Crippen molar-refractivity contribution >= 4 is 21.8 Å². The molecule has 2 rings (SSSR count). The van der Waals surface area contributed by atoms with Crippen molar-refractivity contribution in [2.45, 2.75) is 26.4 Å². The second kappa shape index (κ2) is 6.71. The summed E-state index contributed by atoms with van der Waals surface area (Å²) in [5.41, 5.74) is 1.87. The Labute approximate surface area is 128 Å². The second-order valence-electron chi connectivity index (χ2n) is 5.02. The van der Waals surface area contributed by atoms with Crippen LogP contribution in [-0.2, 0) is 6.54 Å². The van der Waals surface area contributed by atoms with Gasteiger partial charge in [0.15, 0.2) is 0 Å². The number of amides is 1. The molecule has 0 heterocycles. The summed E-state index contributed by atoms with van der Waals surface area (Å²) in [5.74, 6) is 0.0661. The number of carbonyl (C=O) groups is 1. The van der Waals surface area contributed by atoms with Crippen LogP contribution >= 0.6 is 15.9 Å². The molecule has 0 bridgehead atoms. The Morgan fingerprint density at radius 2 is 1.65 bits per heavy atom. The average Bonchev–Trinajstić information content (AvgIpc) is 2.45. The van der Waals surface area contributed by atoms with Gasteiger partial charge in [0.1, 0.15) is 0 Å². The van der Waals surface area contributed by atoms with E-state index in [9.17, 15) is 4.79 Å². The number of carbonyl (C=O) groups excluding carboxylic acids is 1. The monoisotopic (exact) mass is 331 g/mol. The zero-order valence-corrected chi connectivity index (χ0v) is 13.3. The molecule has 0 aliphatic carbocycles. The summed E-state index contributed by atoms with van der Waals surface area (Å²) < 4.78 is 0.980. The maximum Gasteiger partial charge on any atom is 0.254 e. The molecular weight excluding hydrogens is 314 g/mol. The zero-order chi connectivity index (χ0) is 14.5. The largest absolute Gasteiger partial charge is 0.332 e. The predicted octanol–water partition coefficient (Wildman–Crippen LogP) is 4.50. The lowest BCUT2D eigenvalue weighted by atomic mass is 10.1. The van der Waals surface area contributed by atoms with E-state index in [1.54, 1.807) is 0 Å². The highest BCUT2D eigenvalue weighted by molar-refractivity contribution is 9.10. The van der Waals surface area contributed by atoms with Crippen molar-refractivity contribution in [3.63, 3.8) is 0 Å². The summed E-state index contributed by atoms with van der Waals surface area (Å²) in [6.07, 6.45) is 0. The van der Waals surface area contributed by atoms with Crippen molar-refractivity contribution in [1.82, 2.24) is 4.90 Å². The molecule has 0 atom stereocenters. The molecular formula is C17H18BrNO. The van der Waals surface area contributed by atoms with Gasteiger partial charge in [-0.2, -0.15) is 0 Å². The third kappa shape index (κ3) is 3.70. The molecule has 0 spiro atoms. The lowest BCUT2D eigenvalue weighted by Crippen LogP contribution is -2.36. The lowest BCUT2D eigenvalue weighted by molar-refractivity contribution is 0.0690. The van der Waals surface area contributed by atoms with E-state index >= 15 is 0 Å². The third-order valence-corrected chi connectivity index (χ3v) is 3.70. The number of hydrogen-bond acceptors (Lipinski definition) is 1. The Kier molecular flexibility index (Phi) is 4.96. The van der Waals surface area contributed by atoms with Crippen molar-refractivity contribution < 1.29 is 4.79 Å². The van der Waals surface area contributed by atoms with Crippen LogP contribution in [-0.4, -0.2) is 16.8 Å². The Hall–Kier alpha value is -1.61. The minimum Gasteiger partial charge on any atom is -0.332 e. The third-order valence-electron chi connectivity index (χ3n) is 3.17. The first-order chi connectivity index (χ1) is 9.58.